The monoisotopic (exact) mass is 396 g/mol. The molecule has 2 aromatic rings. The molecule has 5 rings (SSSR count). The van der Waals surface area contributed by atoms with E-state index in [2.05, 4.69) is 15.1 Å². The average molecular weight is 396 g/mol. The topological polar surface area (TPSA) is 88.0 Å². The first kappa shape index (κ1) is 18.2. The predicted molar refractivity (Wildman–Crippen MR) is 105 cm³/mol. The van der Waals surface area contributed by atoms with Gasteiger partial charge in [-0.1, -0.05) is 0 Å². The molecule has 8 nitrogen and oxygen atoms in total. The zero-order chi connectivity index (χ0) is 20.0. The second-order valence-corrected chi connectivity index (χ2v) is 8.17. The van der Waals surface area contributed by atoms with Gasteiger partial charge in [-0.3, -0.25) is 4.79 Å². The molecule has 1 aromatic heterocycles. The van der Waals surface area contributed by atoms with Crippen LogP contribution < -0.4 is 14.4 Å². The number of aliphatic hydroxyl groups excluding tert-OH is 1. The van der Waals surface area contributed by atoms with Crippen LogP contribution in [0.3, 0.4) is 0 Å². The maximum Gasteiger partial charge on any atom is 0.254 e. The van der Waals surface area contributed by atoms with E-state index in [1.807, 2.05) is 24.0 Å². The SMILES string of the molecule is Cc1ccc(N2C[C@H]3CN(C(=O)c4ccc5c(c4)OCCO5)C[C@@]3(CO)C2)nn1. The lowest BCUT2D eigenvalue weighted by Gasteiger charge is -2.27. The standard InChI is InChI=1S/C21H24N4O4/c1-14-2-5-19(23-22-14)24-9-16-10-25(12-21(16,11-24)13-26)20(27)15-3-4-17-18(8-15)29-7-6-28-17/h2-5,8,16,26H,6-7,9-13H2,1H3/t16-,21+/m0/s1. The van der Waals surface area contributed by atoms with Crippen LogP contribution in [-0.4, -0.2) is 72.1 Å². The van der Waals surface area contributed by atoms with Crippen LogP contribution in [0.2, 0.25) is 0 Å². The fraction of sp³-hybridized carbons (Fsp3) is 0.476. The number of nitrogens with zero attached hydrogens (tertiary/aromatic N) is 4. The number of anilines is 1. The van der Waals surface area contributed by atoms with Gasteiger partial charge in [-0.25, -0.2) is 0 Å². The molecule has 8 heteroatoms. The summed E-state index contributed by atoms with van der Waals surface area (Å²) in [6.07, 6.45) is 0. The van der Waals surface area contributed by atoms with E-state index in [1.54, 1.807) is 18.2 Å². The van der Waals surface area contributed by atoms with Crippen molar-refractivity contribution >= 4 is 11.7 Å². The van der Waals surface area contributed by atoms with E-state index < -0.39 is 0 Å². The van der Waals surface area contributed by atoms with Gasteiger partial charge in [0.25, 0.3) is 5.91 Å². The Balaban J connectivity index is 1.33. The molecule has 3 aliphatic rings. The minimum atomic E-state index is -0.337. The highest BCUT2D eigenvalue weighted by Gasteiger charge is 2.53. The van der Waals surface area contributed by atoms with E-state index >= 15 is 0 Å². The number of rotatable bonds is 3. The molecule has 1 aromatic carbocycles. The Labute approximate surface area is 169 Å². The number of ether oxygens (including phenoxy) is 2. The Morgan fingerprint density at radius 2 is 1.97 bits per heavy atom. The number of hydrogen-bond acceptors (Lipinski definition) is 7. The second kappa shape index (κ2) is 6.88. The molecule has 2 fully saturated rings. The Kier molecular flexibility index (Phi) is 4.31. The lowest BCUT2D eigenvalue weighted by atomic mass is 9.82. The van der Waals surface area contributed by atoms with Crippen LogP contribution in [0.15, 0.2) is 30.3 Å². The quantitative estimate of drug-likeness (QED) is 0.832. The van der Waals surface area contributed by atoms with E-state index in [4.69, 9.17) is 9.47 Å². The minimum absolute atomic E-state index is 0.0362. The van der Waals surface area contributed by atoms with Crippen LogP contribution in [0.1, 0.15) is 16.1 Å². The third-order valence-electron chi connectivity index (χ3n) is 6.26. The second-order valence-electron chi connectivity index (χ2n) is 8.17. The van der Waals surface area contributed by atoms with Crippen molar-refractivity contribution in [3.05, 3.63) is 41.6 Å². The third kappa shape index (κ3) is 3.07. The van der Waals surface area contributed by atoms with Crippen molar-refractivity contribution in [2.24, 2.45) is 11.3 Å². The Morgan fingerprint density at radius 1 is 1.14 bits per heavy atom. The molecule has 0 unspecified atom stereocenters. The van der Waals surface area contributed by atoms with Crippen LogP contribution in [0.4, 0.5) is 5.82 Å². The molecule has 0 radical (unpaired) electrons. The molecular formula is C21H24N4O4. The van der Waals surface area contributed by atoms with Gasteiger partial charge in [0.2, 0.25) is 0 Å². The zero-order valence-electron chi connectivity index (χ0n) is 16.4. The molecule has 0 spiro atoms. The van der Waals surface area contributed by atoms with Crippen LogP contribution in [0.25, 0.3) is 0 Å². The number of carbonyl (C=O) groups excluding carboxylic acids is 1. The van der Waals surface area contributed by atoms with Gasteiger partial charge in [0.1, 0.15) is 13.2 Å². The average Bonchev–Trinajstić information content (AvgIpc) is 3.28. The lowest BCUT2D eigenvalue weighted by molar-refractivity contribution is 0.0747. The molecular weight excluding hydrogens is 372 g/mol. The number of likely N-dealkylation sites (tertiary alicyclic amines) is 1. The van der Waals surface area contributed by atoms with E-state index in [9.17, 15) is 9.90 Å². The smallest absolute Gasteiger partial charge is 0.254 e. The third-order valence-corrected chi connectivity index (χ3v) is 6.26. The molecule has 2 atom stereocenters. The Morgan fingerprint density at radius 3 is 2.69 bits per heavy atom. The van der Waals surface area contributed by atoms with Crippen LogP contribution >= 0.6 is 0 Å². The van der Waals surface area contributed by atoms with Gasteiger partial charge in [-0.15, -0.1) is 5.10 Å². The number of benzene rings is 1. The maximum absolute atomic E-state index is 13.1. The summed E-state index contributed by atoms with van der Waals surface area (Å²) in [7, 11) is 0. The highest BCUT2D eigenvalue weighted by molar-refractivity contribution is 5.95. The summed E-state index contributed by atoms with van der Waals surface area (Å²) in [5, 5.41) is 18.7. The molecule has 4 heterocycles. The lowest BCUT2D eigenvalue weighted by Crippen LogP contribution is -2.39. The van der Waals surface area contributed by atoms with Gasteiger partial charge in [0, 0.05) is 43.1 Å². The number of amides is 1. The zero-order valence-corrected chi connectivity index (χ0v) is 16.4. The molecule has 1 amide bonds. The Hall–Kier alpha value is -2.87. The van der Waals surface area contributed by atoms with Gasteiger partial charge >= 0.3 is 0 Å². The van der Waals surface area contributed by atoms with Gasteiger partial charge in [0.15, 0.2) is 17.3 Å². The van der Waals surface area contributed by atoms with Gasteiger partial charge in [-0.2, -0.15) is 5.10 Å². The first-order valence-corrected chi connectivity index (χ1v) is 9.93. The van der Waals surface area contributed by atoms with Crippen molar-refractivity contribution in [2.45, 2.75) is 6.92 Å². The number of hydrogen-bond donors (Lipinski definition) is 1. The normalized spacial score (nSPS) is 25.2. The van der Waals surface area contributed by atoms with E-state index in [1.165, 1.54) is 0 Å². The first-order valence-electron chi connectivity index (χ1n) is 9.93. The molecule has 3 aliphatic heterocycles. The minimum Gasteiger partial charge on any atom is -0.486 e. The summed E-state index contributed by atoms with van der Waals surface area (Å²) in [4.78, 5) is 17.1. The van der Waals surface area contributed by atoms with Gasteiger partial charge in [-0.05, 0) is 37.3 Å². The molecule has 0 bridgehead atoms. The maximum atomic E-state index is 13.1. The number of aromatic nitrogens is 2. The molecule has 1 N–H and O–H groups in total. The summed E-state index contributed by atoms with van der Waals surface area (Å²) in [5.41, 5.74) is 1.13. The summed E-state index contributed by atoms with van der Waals surface area (Å²) < 4.78 is 11.1. The van der Waals surface area contributed by atoms with Crippen molar-refractivity contribution in [3.63, 3.8) is 0 Å². The molecule has 0 aliphatic carbocycles. The number of aliphatic hydroxyl groups is 1. The summed E-state index contributed by atoms with van der Waals surface area (Å²) >= 11 is 0. The Bertz CT molecular complexity index is 935. The van der Waals surface area contributed by atoms with Crippen LogP contribution in [-0.2, 0) is 0 Å². The highest BCUT2D eigenvalue weighted by Crippen LogP contribution is 2.44. The molecule has 152 valence electrons. The van der Waals surface area contributed by atoms with E-state index in [0.29, 0.717) is 49.9 Å². The summed E-state index contributed by atoms with van der Waals surface area (Å²) in [6.45, 7) is 5.52. The highest BCUT2D eigenvalue weighted by atomic mass is 16.6. The van der Waals surface area contributed by atoms with Crippen molar-refractivity contribution in [2.75, 3.05) is 50.9 Å². The van der Waals surface area contributed by atoms with Crippen molar-refractivity contribution in [3.8, 4) is 11.5 Å². The van der Waals surface area contributed by atoms with Crippen LogP contribution in [0, 0.1) is 18.3 Å². The fourth-order valence-electron chi connectivity index (χ4n) is 4.65. The van der Waals surface area contributed by atoms with Crippen molar-refractivity contribution < 1.29 is 19.4 Å². The summed E-state index contributed by atoms with van der Waals surface area (Å²) in [6, 6.07) is 9.24. The number of fused-ring (bicyclic) bond motifs is 2. The van der Waals surface area contributed by atoms with E-state index in [0.717, 1.165) is 18.1 Å². The van der Waals surface area contributed by atoms with Gasteiger partial charge < -0.3 is 24.4 Å². The number of aryl methyl sites for hydroxylation is 1. The molecule has 0 saturated carbocycles. The number of carbonyl (C=O) groups is 1. The largest absolute Gasteiger partial charge is 0.486 e. The van der Waals surface area contributed by atoms with E-state index in [-0.39, 0.29) is 23.8 Å². The summed E-state index contributed by atoms with van der Waals surface area (Å²) in [5.74, 6) is 2.26. The predicted octanol–water partition coefficient (Wildman–Crippen LogP) is 1.13. The molecule has 2 saturated heterocycles. The first-order chi connectivity index (χ1) is 14.1. The molecule has 29 heavy (non-hydrogen) atoms. The van der Waals surface area contributed by atoms with Crippen LogP contribution in [0.5, 0.6) is 11.5 Å². The fourth-order valence-corrected chi connectivity index (χ4v) is 4.65. The van der Waals surface area contributed by atoms with Crippen molar-refractivity contribution in [1.82, 2.24) is 15.1 Å². The van der Waals surface area contributed by atoms with Gasteiger partial charge in [0.05, 0.1) is 12.3 Å². The van der Waals surface area contributed by atoms with Crippen molar-refractivity contribution in [1.29, 1.82) is 0 Å².